The lowest BCUT2D eigenvalue weighted by molar-refractivity contribution is 0.133. The summed E-state index contributed by atoms with van der Waals surface area (Å²) in [6.07, 6.45) is 3.60. The molecule has 1 aromatic rings. The Morgan fingerprint density at radius 1 is 1.33 bits per heavy atom. The smallest absolute Gasteiger partial charge is 0.0633 e. The fourth-order valence-electron chi connectivity index (χ4n) is 3.90. The van der Waals surface area contributed by atoms with Gasteiger partial charge < -0.3 is 15.3 Å². The molecule has 2 unspecified atom stereocenters. The number of hydrogen-bond acceptors (Lipinski definition) is 3. The van der Waals surface area contributed by atoms with E-state index < -0.39 is 0 Å². The van der Waals surface area contributed by atoms with Crippen molar-refractivity contribution in [3.63, 3.8) is 0 Å². The molecule has 0 aromatic heterocycles. The van der Waals surface area contributed by atoms with Crippen molar-refractivity contribution in [3.8, 4) is 0 Å². The van der Waals surface area contributed by atoms with Gasteiger partial charge in [-0.2, -0.15) is 0 Å². The molecule has 1 aromatic carbocycles. The molecule has 3 nitrogen and oxygen atoms in total. The van der Waals surface area contributed by atoms with Crippen LogP contribution in [0, 0.1) is 5.92 Å². The Bertz CT molecular complexity index is 498. The summed E-state index contributed by atoms with van der Waals surface area (Å²) >= 11 is 0. The van der Waals surface area contributed by atoms with Crippen molar-refractivity contribution in [3.05, 3.63) is 29.8 Å². The fraction of sp³-hybridized carbons (Fsp3) is 0.667. The summed E-state index contributed by atoms with van der Waals surface area (Å²) < 4.78 is 0. The molecule has 2 aliphatic rings. The number of anilines is 1. The van der Waals surface area contributed by atoms with E-state index in [4.69, 9.17) is 0 Å². The number of benzene rings is 1. The first-order chi connectivity index (χ1) is 10.1. The molecule has 3 heteroatoms. The third-order valence-corrected chi connectivity index (χ3v) is 5.02. The van der Waals surface area contributed by atoms with Crippen LogP contribution < -0.4 is 10.2 Å². The lowest BCUT2D eigenvalue weighted by Gasteiger charge is -2.41. The molecule has 0 bridgehead atoms. The molecule has 0 saturated heterocycles. The molecule has 1 heterocycles. The van der Waals surface area contributed by atoms with Crippen LogP contribution in [0.15, 0.2) is 24.3 Å². The third kappa shape index (κ3) is 2.82. The van der Waals surface area contributed by atoms with Crippen molar-refractivity contribution in [2.45, 2.75) is 57.7 Å². The first-order valence-corrected chi connectivity index (χ1v) is 8.29. The van der Waals surface area contributed by atoms with Crippen LogP contribution in [0.5, 0.6) is 0 Å². The Morgan fingerprint density at radius 2 is 2.05 bits per heavy atom. The lowest BCUT2D eigenvalue weighted by Crippen LogP contribution is -2.60. The van der Waals surface area contributed by atoms with Gasteiger partial charge in [0.1, 0.15) is 0 Å². The summed E-state index contributed by atoms with van der Waals surface area (Å²) in [5.74, 6) is 0.616. The van der Waals surface area contributed by atoms with Crippen LogP contribution in [-0.2, 0) is 6.42 Å². The standard InChI is InChI=1S/C18H28N2O/c1-13(2)19-18(12-21,16-8-9-16)11-20-14(3)10-15-6-4-5-7-17(15)20/h4-7,13-14,16,19,21H,8-12H2,1-3H3. The topological polar surface area (TPSA) is 35.5 Å². The van der Waals surface area contributed by atoms with E-state index in [0.29, 0.717) is 18.0 Å². The first kappa shape index (κ1) is 14.9. The van der Waals surface area contributed by atoms with Crippen LogP contribution in [0.2, 0.25) is 0 Å². The highest BCUT2D eigenvalue weighted by Gasteiger charge is 2.47. The maximum Gasteiger partial charge on any atom is 0.0633 e. The SMILES string of the molecule is CC(C)NC(CO)(CN1c2ccccc2CC1C)C1CC1. The normalized spacial score (nSPS) is 24.2. The lowest BCUT2D eigenvalue weighted by atomic mass is 9.91. The van der Waals surface area contributed by atoms with Gasteiger partial charge in [0.25, 0.3) is 0 Å². The number of aliphatic hydroxyl groups excluding tert-OH is 1. The minimum Gasteiger partial charge on any atom is -0.394 e. The average Bonchev–Trinajstić information content (AvgIpc) is 3.25. The van der Waals surface area contributed by atoms with Gasteiger partial charge in [0.05, 0.1) is 12.1 Å². The molecule has 1 saturated carbocycles. The maximum absolute atomic E-state index is 10.1. The summed E-state index contributed by atoms with van der Waals surface area (Å²) in [6.45, 7) is 7.78. The Labute approximate surface area is 128 Å². The van der Waals surface area contributed by atoms with Crippen molar-refractivity contribution in [1.29, 1.82) is 0 Å². The van der Waals surface area contributed by atoms with Crippen molar-refractivity contribution >= 4 is 5.69 Å². The zero-order valence-electron chi connectivity index (χ0n) is 13.5. The van der Waals surface area contributed by atoms with E-state index >= 15 is 0 Å². The van der Waals surface area contributed by atoms with Gasteiger partial charge in [0, 0.05) is 24.3 Å². The third-order valence-electron chi connectivity index (χ3n) is 5.02. The molecule has 21 heavy (non-hydrogen) atoms. The van der Waals surface area contributed by atoms with Crippen LogP contribution in [-0.4, -0.2) is 35.9 Å². The van der Waals surface area contributed by atoms with E-state index in [2.05, 4.69) is 55.3 Å². The van der Waals surface area contributed by atoms with Gasteiger partial charge in [-0.1, -0.05) is 32.0 Å². The fourth-order valence-corrected chi connectivity index (χ4v) is 3.90. The predicted molar refractivity (Wildman–Crippen MR) is 87.8 cm³/mol. The number of para-hydroxylation sites is 1. The number of fused-ring (bicyclic) bond motifs is 1. The predicted octanol–water partition coefficient (Wildman–Crippen LogP) is 2.58. The Morgan fingerprint density at radius 3 is 2.67 bits per heavy atom. The highest BCUT2D eigenvalue weighted by Crippen LogP contribution is 2.42. The summed E-state index contributed by atoms with van der Waals surface area (Å²) in [6, 6.07) is 9.62. The molecule has 0 radical (unpaired) electrons. The molecule has 116 valence electrons. The molecular formula is C18H28N2O. The van der Waals surface area contributed by atoms with Gasteiger partial charge in [-0.25, -0.2) is 0 Å². The van der Waals surface area contributed by atoms with Crippen molar-refractivity contribution < 1.29 is 5.11 Å². The molecule has 0 spiro atoms. The Hall–Kier alpha value is -1.06. The summed E-state index contributed by atoms with van der Waals surface area (Å²) in [4.78, 5) is 2.50. The molecule has 1 aliphatic carbocycles. The first-order valence-electron chi connectivity index (χ1n) is 8.29. The van der Waals surface area contributed by atoms with E-state index in [-0.39, 0.29) is 12.1 Å². The molecule has 2 atom stereocenters. The van der Waals surface area contributed by atoms with Gasteiger partial charge in [-0.3, -0.25) is 0 Å². The average molecular weight is 288 g/mol. The number of aliphatic hydroxyl groups is 1. The molecular weight excluding hydrogens is 260 g/mol. The largest absolute Gasteiger partial charge is 0.394 e. The Kier molecular flexibility index (Phi) is 3.98. The molecule has 0 amide bonds. The summed E-state index contributed by atoms with van der Waals surface area (Å²) in [5.41, 5.74) is 2.64. The van der Waals surface area contributed by atoms with E-state index in [9.17, 15) is 5.11 Å². The minimum atomic E-state index is -0.153. The van der Waals surface area contributed by atoms with Crippen LogP contribution in [0.4, 0.5) is 5.69 Å². The van der Waals surface area contributed by atoms with Gasteiger partial charge in [-0.05, 0) is 43.7 Å². The summed E-state index contributed by atoms with van der Waals surface area (Å²) in [5, 5.41) is 13.8. The summed E-state index contributed by atoms with van der Waals surface area (Å²) in [7, 11) is 0. The van der Waals surface area contributed by atoms with Crippen LogP contribution in [0.3, 0.4) is 0 Å². The van der Waals surface area contributed by atoms with Gasteiger partial charge in [0.2, 0.25) is 0 Å². The Balaban J connectivity index is 1.86. The second-order valence-corrected chi connectivity index (χ2v) is 7.20. The molecule has 1 aliphatic heterocycles. The monoisotopic (exact) mass is 288 g/mol. The highest BCUT2D eigenvalue weighted by molar-refractivity contribution is 5.59. The molecule has 2 N–H and O–H groups in total. The second-order valence-electron chi connectivity index (χ2n) is 7.20. The van der Waals surface area contributed by atoms with E-state index in [1.165, 1.54) is 24.1 Å². The second kappa shape index (κ2) is 5.62. The van der Waals surface area contributed by atoms with Crippen molar-refractivity contribution in [2.24, 2.45) is 5.92 Å². The van der Waals surface area contributed by atoms with Crippen LogP contribution in [0.1, 0.15) is 39.2 Å². The van der Waals surface area contributed by atoms with E-state index in [1.54, 1.807) is 0 Å². The number of rotatable bonds is 6. The number of nitrogens with zero attached hydrogens (tertiary/aromatic N) is 1. The quantitative estimate of drug-likeness (QED) is 0.844. The van der Waals surface area contributed by atoms with E-state index in [0.717, 1.165) is 13.0 Å². The number of hydrogen-bond donors (Lipinski definition) is 2. The highest BCUT2D eigenvalue weighted by atomic mass is 16.3. The van der Waals surface area contributed by atoms with Crippen molar-refractivity contribution in [2.75, 3.05) is 18.1 Å². The van der Waals surface area contributed by atoms with Gasteiger partial charge in [0.15, 0.2) is 0 Å². The van der Waals surface area contributed by atoms with Gasteiger partial charge >= 0.3 is 0 Å². The van der Waals surface area contributed by atoms with Crippen LogP contribution >= 0.6 is 0 Å². The maximum atomic E-state index is 10.1. The van der Waals surface area contributed by atoms with E-state index in [1.807, 2.05) is 0 Å². The molecule has 3 rings (SSSR count). The molecule has 1 fully saturated rings. The van der Waals surface area contributed by atoms with Gasteiger partial charge in [-0.15, -0.1) is 0 Å². The van der Waals surface area contributed by atoms with Crippen molar-refractivity contribution in [1.82, 2.24) is 5.32 Å². The van der Waals surface area contributed by atoms with Crippen LogP contribution in [0.25, 0.3) is 0 Å². The zero-order chi connectivity index (χ0) is 15.0. The number of nitrogens with one attached hydrogen (secondary N) is 1. The zero-order valence-corrected chi connectivity index (χ0v) is 13.5. The minimum absolute atomic E-state index is 0.153.